The van der Waals surface area contributed by atoms with Crippen LogP contribution in [0.5, 0.6) is 11.5 Å². The summed E-state index contributed by atoms with van der Waals surface area (Å²) < 4.78 is -2.50. The van der Waals surface area contributed by atoms with Gasteiger partial charge in [-0.2, -0.15) is 0 Å². The molecule has 6 heteroatoms. The maximum absolute atomic E-state index is 10.5. The second-order valence-corrected chi connectivity index (χ2v) is 9.57. The predicted octanol–water partition coefficient (Wildman–Crippen LogP) is 6.84. The molecular weight excluding hydrogens is 438 g/mol. The zero-order chi connectivity index (χ0) is 20.4. The number of hydrogen-bond donors (Lipinski definition) is 2. The van der Waals surface area contributed by atoms with E-state index < -0.39 is 8.67 Å². The molecule has 0 spiro atoms. The summed E-state index contributed by atoms with van der Waals surface area (Å²) in [6.07, 6.45) is 0.233. The Bertz CT molecular complexity index is 862. The van der Waals surface area contributed by atoms with E-state index in [0.29, 0.717) is 22.3 Å². The number of benzene rings is 3. The number of aromatic hydroxyl groups is 2. The quantitative estimate of drug-likeness (QED) is 0.315. The van der Waals surface area contributed by atoms with E-state index in [1.165, 1.54) is 12.1 Å². The average Bonchev–Trinajstić information content (AvgIpc) is 2.67. The Kier molecular flexibility index (Phi) is 6.36. The molecule has 0 radical (unpaired) electrons. The van der Waals surface area contributed by atoms with Crippen molar-refractivity contribution in [1.29, 1.82) is 0 Å². The molecule has 2 nitrogen and oxygen atoms in total. The van der Waals surface area contributed by atoms with Crippen LogP contribution in [-0.2, 0) is 21.5 Å². The lowest BCUT2D eigenvalue weighted by Crippen LogP contribution is -2.15. The minimum Gasteiger partial charge on any atom is -0.508 e. The fourth-order valence-electron chi connectivity index (χ4n) is 2.99. The van der Waals surface area contributed by atoms with E-state index >= 15 is 0 Å². The molecule has 0 aliphatic heterocycles. The molecule has 0 saturated carbocycles. The SMILES string of the molecule is Oc1cc(CC(Cl)(Cl)c2ccccc2)c(O)cc1CC(Cl)(Cl)c1ccccc1. The van der Waals surface area contributed by atoms with E-state index in [2.05, 4.69) is 0 Å². The van der Waals surface area contributed by atoms with Gasteiger partial charge in [0, 0.05) is 24.0 Å². The molecule has 0 aliphatic carbocycles. The van der Waals surface area contributed by atoms with Gasteiger partial charge in [-0.25, -0.2) is 0 Å². The lowest BCUT2D eigenvalue weighted by molar-refractivity contribution is 0.446. The topological polar surface area (TPSA) is 40.5 Å². The summed E-state index contributed by atoms with van der Waals surface area (Å²) >= 11 is 25.9. The molecule has 0 unspecified atom stereocenters. The van der Waals surface area contributed by atoms with Crippen LogP contribution in [-0.4, -0.2) is 10.2 Å². The minimum absolute atomic E-state index is 0.0356. The van der Waals surface area contributed by atoms with Crippen molar-refractivity contribution >= 4 is 46.4 Å². The minimum atomic E-state index is -1.25. The Morgan fingerprint density at radius 1 is 0.571 bits per heavy atom. The lowest BCUT2D eigenvalue weighted by atomic mass is 9.97. The van der Waals surface area contributed by atoms with Gasteiger partial charge in [-0.05, 0) is 23.3 Å². The van der Waals surface area contributed by atoms with Crippen molar-refractivity contribution < 1.29 is 10.2 Å². The van der Waals surface area contributed by atoms with E-state index in [0.717, 1.165) is 0 Å². The Labute approximate surface area is 184 Å². The molecule has 0 saturated heterocycles. The maximum atomic E-state index is 10.5. The second kappa shape index (κ2) is 8.42. The lowest BCUT2D eigenvalue weighted by Gasteiger charge is -2.23. The van der Waals surface area contributed by atoms with Crippen LogP contribution in [0.1, 0.15) is 22.3 Å². The van der Waals surface area contributed by atoms with Crippen molar-refractivity contribution in [3.05, 3.63) is 95.1 Å². The zero-order valence-electron chi connectivity index (χ0n) is 14.7. The number of phenols is 2. The van der Waals surface area contributed by atoms with Gasteiger partial charge in [0.2, 0.25) is 0 Å². The van der Waals surface area contributed by atoms with E-state index in [-0.39, 0.29) is 24.3 Å². The number of halogens is 4. The zero-order valence-corrected chi connectivity index (χ0v) is 17.8. The fourth-order valence-corrected chi connectivity index (χ4v) is 4.07. The molecule has 0 amide bonds. The van der Waals surface area contributed by atoms with Crippen LogP contribution in [0.25, 0.3) is 0 Å². The third-order valence-electron chi connectivity index (χ3n) is 4.50. The largest absolute Gasteiger partial charge is 0.508 e. The number of alkyl halides is 4. The first kappa shape index (κ1) is 21.1. The van der Waals surface area contributed by atoms with Gasteiger partial charge in [0.1, 0.15) is 20.2 Å². The number of rotatable bonds is 6. The number of phenolic OH excluding ortho intramolecular Hbond substituents is 2. The first-order chi connectivity index (χ1) is 13.2. The molecule has 0 aromatic heterocycles. The van der Waals surface area contributed by atoms with Gasteiger partial charge >= 0.3 is 0 Å². The van der Waals surface area contributed by atoms with Gasteiger partial charge in [0.15, 0.2) is 0 Å². The summed E-state index contributed by atoms with van der Waals surface area (Å²) in [5.41, 5.74) is 2.24. The molecule has 0 atom stereocenters. The molecule has 0 fully saturated rings. The fraction of sp³-hybridized carbons (Fsp3) is 0.182. The van der Waals surface area contributed by atoms with Crippen LogP contribution < -0.4 is 0 Å². The maximum Gasteiger partial charge on any atom is 0.147 e. The van der Waals surface area contributed by atoms with Crippen LogP contribution in [0.4, 0.5) is 0 Å². The van der Waals surface area contributed by atoms with Crippen molar-refractivity contribution in [3.63, 3.8) is 0 Å². The van der Waals surface area contributed by atoms with Gasteiger partial charge in [0.05, 0.1) is 0 Å². The van der Waals surface area contributed by atoms with Crippen molar-refractivity contribution in [2.75, 3.05) is 0 Å². The summed E-state index contributed by atoms with van der Waals surface area (Å²) in [7, 11) is 0. The van der Waals surface area contributed by atoms with E-state index in [9.17, 15) is 10.2 Å². The first-order valence-corrected chi connectivity index (χ1v) is 10.1. The summed E-state index contributed by atoms with van der Waals surface area (Å²) in [6, 6.07) is 21.2. The molecular formula is C22H18Cl4O2. The highest BCUT2D eigenvalue weighted by molar-refractivity contribution is 6.48. The van der Waals surface area contributed by atoms with Gasteiger partial charge in [-0.15, -0.1) is 0 Å². The highest BCUT2D eigenvalue weighted by atomic mass is 35.5. The summed E-state index contributed by atoms with van der Waals surface area (Å²) in [5.74, 6) is -0.0711. The molecule has 28 heavy (non-hydrogen) atoms. The van der Waals surface area contributed by atoms with Crippen LogP contribution in [0.3, 0.4) is 0 Å². The van der Waals surface area contributed by atoms with Crippen LogP contribution in [0.15, 0.2) is 72.8 Å². The highest BCUT2D eigenvalue weighted by Crippen LogP contribution is 2.43. The molecule has 2 N–H and O–H groups in total. The van der Waals surface area contributed by atoms with Gasteiger partial charge in [0.25, 0.3) is 0 Å². The molecule has 0 aliphatic rings. The van der Waals surface area contributed by atoms with Gasteiger partial charge < -0.3 is 10.2 Å². The van der Waals surface area contributed by atoms with Gasteiger partial charge in [-0.1, -0.05) is 107 Å². The highest BCUT2D eigenvalue weighted by Gasteiger charge is 2.31. The summed E-state index contributed by atoms with van der Waals surface area (Å²) in [5, 5.41) is 21.0. The van der Waals surface area contributed by atoms with Gasteiger partial charge in [-0.3, -0.25) is 0 Å². The standard InChI is InChI=1S/C22H18Cl4O2/c23-21(24,17-7-3-1-4-8-17)13-15-11-20(28)16(12-19(15)27)14-22(25,26)18-9-5-2-6-10-18/h1-12,27-28H,13-14H2. The van der Waals surface area contributed by atoms with Crippen molar-refractivity contribution in [2.45, 2.75) is 21.5 Å². The predicted molar refractivity (Wildman–Crippen MR) is 117 cm³/mol. The van der Waals surface area contributed by atoms with Crippen molar-refractivity contribution in [3.8, 4) is 11.5 Å². The second-order valence-electron chi connectivity index (χ2n) is 6.60. The normalized spacial score (nSPS) is 12.1. The van der Waals surface area contributed by atoms with E-state index in [4.69, 9.17) is 46.4 Å². The number of hydrogen-bond acceptors (Lipinski definition) is 2. The molecule has 0 heterocycles. The third kappa shape index (κ3) is 4.87. The van der Waals surface area contributed by atoms with E-state index in [1.807, 2.05) is 36.4 Å². The Hall–Kier alpha value is -1.58. The summed E-state index contributed by atoms with van der Waals surface area (Å²) in [4.78, 5) is 0. The smallest absolute Gasteiger partial charge is 0.147 e. The monoisotopic (exact) mass is 454 g/mol. The Morgan fingerprint density at radius 2 is 0.893 bits per heavy atom. The van der Waals surface area contributed by atoms with E-state index in [1.54, 1.807) is 24.3 Å². The molecule has 3 aromatic rings. The van der Waals surface area contributed by atoms with Crippen molar-refractivity contribution in [1.82, 2.24) is 0 Å². The van der Waals surface area contributed by atoms with Crippen molar-refractivity contribution in [2.24, 2.45) is 0 Å². The molecule has 3 rings (SSSR count). The third-order valence-corrected chi connectivity index (χ3v) is 5.90. The Morgan fingerprint density at radius 3 is 1.21 bits per heavy atom. The molecule has 3 aromatic carbocycles. The van der Waals surface area contributed by atoms with Crippen LogP contribution >= 0.6 is 46.4 Å². The first-order valence-electron chi connectivity index (χ1n) is 8.59. The average molecular weight is 456 g/mol. The molecule has 146 valence electrons. The summed E-state index contributed by atoms with van der Waals surface area (Å²) in [6.45, 7) is 0. The van der Waals surface area contributed by atoms with Crippen LogP contribution in [0, 0.1) is 0 Å². The Balaban J connectivity index is 1.85. The van der Waals surface area contributed by atoms with Crippen LogP contribution in [0.2, 0.25) is 0 Å². The molecule has 0 bridgehead atoms.